The first-order chi connectivity index (χ1) is 14.6. The fourth-order valence-corrected chi connectivity index (χ4v) is 5.82. The maximum absolute atomic E-state index is 6.48. The van der Waals surface area contributed by atoms with Gasteiger partial charge in [-0.1, -0.05) is 62.4 Å². The number of hydrogen-bond donors (Lipinski definition) is 0. The van der Waals surface area contributed by atoms with Crippen LogP contribution in [0.4, 0.5) is 0 Å². The molecular weight excluding hydrogens is 366 g/mol. The number of nitrogens with zero attached hydrogens (tertiary/aromatic N) is 1. The van der Waals surface area contributed by atoms with Crippen LogP contribution in [0, 0.1) is 0 Å². The molecule has 0 saturated heterocycles. The zero-order chi connectivity index (χ0) is 20.2. The SMILES string of the molecule is Cn1c2ccc3c(c2c2c4oc5ccccc5c4ccc21)C(C)(C)c1ccccc1-3. The number of hydrogen-bond acceptors (Lipinski definition) is 1. The van der Waals surface area contributed by atoms with Crippen LogP contribution in [0.5, 0.6) is 0 Å². The summed E-state index contributed by atoms with van der Waals surface area (Å²) < 4.78 is 8.79. The van der Waals surface area contributed by atoms with Crippen LogP contribution in [0.15, 0.2) is 77.2 Å². The van der Waals surface area contributed by atoms with Crippen molar-refractivity contribution in [3.63, 3.8) is 0 Å². The van der Waals surface area contributed by atoms with Crippen LogP contribution in [0.2, 0.25) is 0 Å². The van der Waals surface area contributed by atoms with E-state index in [4.69, 9.17) is 4.42 Å². The summed E-state index contributed by atoms with van der Waals surface area (Å²) in [5.41, 5.74) is 9.90. The number of para-hydroxylation sites is 1. The van der Waals surface area contributed by atoms with Gasteiger partial charge in [-0.05, 0) is 46.5 Å². The average Bonchev–Trinajstić information content (AvgIpc) is 3.36. The largest absolute Gasteiger partial charge is 0.455 e. The Hall–Kier alpha value is -3.52. The highest BCUT2D eigenvalue weighted by Crippen LogP contribution is 2.53. The fourth-order valence-electron chi connectivity index (χ4n) is 5.82. The number of aromatic nitrogens is 1. The summed E-state index contributed by atoms with van der Waals surface area (Å²) in [6.07, 6.45) is 0. The second kappa shape index (κ2) is 5.14. The van der Waals surface area contributed by atoms with Crippen LogP contribution in [-0.4, -0.2) is 4.57 Å². The van der Waals surface area contributed by atoms with Crippen molar-refractivity contribution in [3.05, 3.63) is 83.9 Å². The van der Waals surface area contributed by atoms with E-state index >= 15 is 0 Å². The maximum atomic E-state index is 6.48. The van der Waals surface area contributed by atoms with Gasteiger partial charge in [0, 0.05) is 34.1 Å². The average molecular weight is 387 g/mol. The molecule has 0 radical (unpaired) electrons. The molecule has 0 bridgehead atoms. The quantitative estimate of drug-likeness (QED) is 0.263. The van der Waals surface area contributed by atoms with Crippen LogP contribution < -0.4 is 0 Å². The highest BCUT2D eigenvalue weighted by atomic mass is 16.3. The lowest BCUT2D eigenvalue weighted by molar-refractivity contribution is 0.665. The molecule has 0 atom stereocenters. The van der Waals surface area contributed by atoms with Gasteiger partial charge in [-0.25, -0.2) is 0 Å². The molecule has 0 aliphatic heterocycles. The monoisotopic (exact) mass is 387 g/mol. The molecular formula is C28H21NO. The summed E-state index contributed by atoms with van der Waals surface area (Å²) in [6, 6.07) is 26.2. The molecule has 2 heteroatoms. The van der Waals surface area contributed by atoms with Crippen LogP contribution in [-0.2, 0) is 12.5 Å². The summed E-state index contributed by atoms with van der Waals surface area (Å²) in [4.78, 5) is 0. The van der Waals surface area contributed by atoms with E-state index in [0.29, 0.717) is 0 Å². The Kier molecular flexibility index (Phi) is 2.79. The van der Waals surface area contributed by atoms with Gasteiger partial charge in [-0.15, -0.1) is 0 Å². The van der Waals surface area contributed by atoms with Crippen LogP contribution >= 0.6 is 0 Å². The van der Waals surface area contributed by atoms with Crippen molar-refractivity contribution >= 4 is 43.7 Å². The van der Waals surface area contributed by atoms with Gasteiger partial charge < -0.3 is 8.98 Å². The Morgan fingerprint density at radius 1 is 0.700 bits per heavy atom. The Morgan fingerprint density at radius 2 is 1.43 bits per heavy atom. The zero-order valence-corrected chi connectivity index (χ0v) is 17.3. The van der Waals surface area contributed by atoms with Crippen LogP contribution in [0.3, 0.4) is 0 Å². The summed E-state index contributed by atoms with van der Waals surface area (Å²) in [7, 11) is 2.17. The molecule has 6 aromatic rings. The molecule has 0 fully saturated rings. The second-order valence-corrected chi connectivity index (χ2v) is 9.05. The van der Waals surface area contributed by atoms with Crippen molar-refractivity contribution in [1.82, 2.24) is 4.57 Å². The number of furan rings is 1. The second-order valence-electron chi connectivity index (χ2n) is 9.05. The molecule has 1 aliphatic carbocycles. The molecule has 7 rings (SSSR count). The van der Waals surface area contributed by atoms with Crippen molar-refractivity contribution in [2.45, 2.75) is 19.3 Å². The Labute approximate surface area is 174 Å². The molecule has 0 unspecified atom stereocenters. The predicted molar refractivity (Wildman–Crippen MR) is 125 cm³/mol. The fraction of sp³-hybridized carbons (Fsp3) is 0.143. The molecule has 2 nitrogen and oxygen atoms in total. The summed E-state index contributed by atoms with van der Waals surface area (Å²) in [5, 5.41) is 4.94. The van der Waals surface area contributed by atoms with Gasteiger partial charge in [0.25, 0.3) is 0 Å². The minimum absolute atomic E-state index is 0.0616. The summed E-state index contributed by atoms with van der Waals surface area (Å²) in [5.74, 6) is 0. The van der Waals surface area contributed by atoms with Crippen molar-refractivity contribution in [3.8, 4) is 11.1 Å². The molecule has 2 heterocycles. The third-order valence-electron chi connectivity index (χ3n) is 7.20. The first-order valence-corrected chi connectivity index (χ1v) is 10.5. The number of fused-ring (bicyclic) bond motifs is 11. The van der Waals surface area contributed by atoms with Crippen molar-refractivity contribution in [2.24, 2.45) is 7.05 Å². The van der Waals surface area contributed by atoms with E-state index < -0.39 is 0 Å². The molecule has 2 aromatic heterocycles. The molecule has 1 aliphatic rings. The minimum atomic E-state index is -0.0616. The van der Waals surface area contributed by atoms with Crippen LogP contribution in [0.1, 0.15) is 25.0 Å². The van der Waals surface area contributed by atoms with Crippen molar-refractivity contribution in [1.29, 1.82) is 0 Å². The molecule has 0 spiro atoms. The predicted octanol–water partition coefficient (Wildman–Crippen LogP) is 7.54. The van der Waals surface area contributed by atoms with Gasteiger partial charge >= 0.3 is 0 Å². The van der Waals surface area contributed by atoms with E-state index in [1.165, 1.54) is 54.8 Å². The Balaban J connectivity index is 1.77. The third-order valence-corrected chi connectivity index (χ3v) is 7.20. The minimum Gasteiger partial charge on any atom is -0.455 e. The Morgan fingerprint density at radius 3 is 2.33 bits per heavy atom. The van der Waals surface area contributed by atoms with Gasteiger partial charge in [-0.2, -0.15) is 0 Å². The van der Waals surface area contributed by atoms with E-state index in [1.807, 2.05) is 6.07 Å². The van der Waals surface area contributed by atoms with Gasteiger partial charge in [0.1, 0.15) is 11.2 Å². The van der Waals surface area contributed by atoms with Gasteiger partial charge in [0.2, 0.25) is 0 Å². The van der Waals surface area contributed by atoms with E-state index in [2.05, 4.69) is 92.2 Å². The standard InChI is InChI=1S/C28H21NO/c1-28(2)20-10-6-4-8-16(20)18-12-14-21-24(26(18)28)25-22(29(21)3)15-13-19-17-9-5-7-11-23(17)30-27(19)25/h4-15H,1-3H3. The van der Waals surface area contributed by atoms with E-state index in [9.17, 15) is 0 Å². The third kappa shape index (κ3) is 1.72. The molecule has 144 valence electrons. The Bertz CT molecular complexity index is 1680. The zero-order valence-electron chi connectivity index (χ0n) is 17.3. The summed E-state index contributed by atoms with van der Waals surface area (Å²) >= 11 is 0. The van der Waals surface area contributed by atoms with E-state index in [0.717, 1.165) is 11.2 Å². The van der Waals surface area contributed by atoms with Crippen molar-refractivity contribution < 1.29 is 4.42 Å². The first-order valence-electron chi connectivity index (χ1n) is 10.5. The molecule has 0 amide bonds. The first kappa shape index (κ1) is 16.3. The lowest BCUT2D eigenvalue weighted by Gasteiger charge is -2.22. The number of aryl methyl sites for hydroxylation is 1. The number of rotatable bonds is 0. The van der Waals surface area contributed by atoms with E-state index in [1.54, 1.807) is 0 Å². The molecule has 0 saturated carbocycles. The highest BCUT2D eigenvalue weighted by molar-refractivity contribution is 6.25. The van der Waals surface area contributed by atoms with Gasteiger partial charge in [0.05, 0.1) is 10.9 Å². The maximum Gasteiger partial charge on any atom is 0.145 e. The topological polar surface area (TPSA) is 18.1 Å². The normalized spacial score (nSPS) is 14.8. The van der Waals surface area contributed by atoms with E-state index in [-0.39, 0.29) is 5.41 Å². The molecule has 4 aromatic carbocycles. The van der Waals surface area contributed by atoms with Crippen molar-refractivity contribution in [2.75, 3.05) is 0 Å². The van der Waals surface area contributed by atoms with Crippen LogP contribution in [0.25, 0.3) is 54.9 Å². The lowest BCUT2D eigenvalue weighted by atomic mass is 9.80. The van der Waals surface area contributed by atoms with Gasteiger partial charge in [0.15, 0.2) is 0 Å². The smallest absolute Gasteiger partial charge is 0.145 e. The number of benzene rings is 4. The molecule has 30 heavy (non-hydrogen) atoms. The molecule has 0 N–H and O–H groups in total. The highest BCUT2D eigenvalue weighted by Gasteiger charge is 2.38. The lowest BCUT2D eigenvalue weighted by Crippen LogP contribution is -2.15. The summed E-state index contributed by atoms with van der Waals surface area (Å²) in [6.45, 7) is 4.71. The van der Waals surface area contributed by atoms with Gasteiger partial charge in [-0.3, -0.25) is 0 Å².